The standard InChI is InChI=1S/C11H20ClNO/c1-13(9-4-2-3-8-12)11(14)10-6-5-7-10/h10H,2-9H2,1H3. The second kappa shape index (κ2) is 6.28. The van der Waals surface area contributed by atoms with Gasteiger partial charge in [0.25, 0.3) is 0 Å². The minimum Gasteiger partial charge on any atom is -0.346 e. The van der Waals surface area contributed by atoms with E-state index in [9.17, 15) is 4.79 Å². The summed E-state index contributed by atoms with van der Waals surface area (Å²) in [5.41, 5.74) is 0. The van der Waals surface area contributed by atoms with Crippen molar-refractivity contribution in [3.05, 3.63) is 0 Å². The lowest BCUT2D eigenvalue weighted by Crippen LogP contribution is -2.36. The van der Waals surface area contributed by atoms with Crippen LogP contribution in [0.1, 0.15) is 38.5 Å². The van der Waals surface area contributed by atoms with E-state index in [-0.39, 0.29) is 0 Å². The fraction of sp³-hybridized carbons (Fsp3) is 0.909. The van der Waals surface area contributed by atoms with E-state index in [4.69, 9.17) is 11.6 Å². The van der Waals surface area contributed by atoms with Crippen molar-refractivity contribution < 1.29 is 4.79 Å². The van der Waals surface area contributed by atoms with Gasteiger partial charge in [0.2, 0.25) is 5.91 Å². The molecule has 3 heteroatoms. The van der Waals surface area contributed by atoms with Gasteiger partial charge in [-0.15, -0.1) is 11.6 Å². The van der Waals surface area contributed by atoms with Gasteiger partial charge in [-0.3, -0.25) is 4.79 Å². The number of carbonyl (C=O) groups excluding carboxylic acids is 1. The van der Waals surface area contributed by atoms with E-state index in [1.807, 2.05) is 11.9 Å². The number of nitrogens with zero attached hydrogens (tertiary/aromatic N) is 1. The first-order chi connectivity index (χ1) is 6.75. The molecule has 1 aliphatic rings. The highest BCUT2D eigenvalue weighted by atomic mass is 35.5. The van der Waals surface area contributed by atoms with E-state index in [1.54, 1.807) is 0 Å². The Hall–Kier alpha value is -0.240. The third-order valence-corrected chi connectivity index (χ3v) is 3.23. The van der Waals surface area contributed by atoms with E-state index in [0.29, 0.717) is 11.8 Å². The zero-order chi connectivity index (χ0) is 10.4. The van der Waals surface area contributed by atoms with Crippen LogP contribution in [0, 0.1) is 5.92 Å². The van der Waals surface area contributed by atoms with Crippen LogP contribution in [0.25, 0.3) is 0 Å². The zero-order valence-corrected chi connectivity index (χ0v) is 9.72. The van der Waals surface area contributed by atoms with Gasteiger partial charge in [0, 0.05) is 25.4 Å². The lowest BCUT2D eigenvalue weighted by atomic mass is 9.84. The predicted molar refractivity (Wildman–Crippen MR) is 59.5 cm³/mol. The molecule has 0 aromatic carbocycles. The molecule has 0 aliphatic heterocycles. The molecule has 14 heavy (non-hydrogen) atoms. The second-order valence-corrected chi connectivity index (χ2v) is 4.52. The van der Waals surface area contributed by atoms with E-state index in [1.165, 1.54) is 6.42 Å². The quantitative estimate of drug-likeness (QED) is 0.495. The lowest BCUT2D eigenvalue weighted by molar-refractivity contribution is -0.136. The molecule has 0 spiro atoms. The molecular weight excluding hydrogens is 198 g/mol. The van der Waals surface area contributed by atoms with Crippen LogP contribution in [0.2, 0.25) is 0 Å². The predicted octanol–water partition coefficient (Wildman–Crippen LogP) is 2.65. The van der Waals surface area contributed by atoms with Crippen molar-refractivity contribution in [1.29, 1.82) is 0 Å². The molecule has 1 rings (SSSR count). The molecule has 0 aromatic rings. The minimum atomic E-state index is 0.341. The van der Waals surface area contributed by atoms with Gasteiger partial charge < -0.3 is 4.90 Å². The SMILES string of the molecule is CN(CCCCCCl)C(=O)C1CCC1. The van der Waals surface area contributed by atoms with Crippen molar-refractivity contribution in [2.24, 2.45) is 5.92 Å². The first-order valence-corrected chi connectivity index (χ1v) is 6.10. The molecule has 1 aliphatic carbocycles. The van der Waals surface area contributed by atoms with Gasteiger partial charge in [0.15, 0.2) is 0 Å². The number of amides is 1. The van der Waals surface area contributed by atoms with Crippen LogP contribution >= 0.6 is 11.6 Å². The Morgan fingerprint density at radius 1 is 1.36 bits per heavy atom. The average Bonchev–Trinajstić information content (AvgIpc) is 2.09. The Bertz CT molecular complexity index is 180. The normalized spacial score (nSPS) is 16.4. The molecule has 2 nitrogen and oxygen atoms in total. The molecule has 0 bridgehead atoms. The maximum Gasteiger partial charge on any atom is 0.225 e. The fourth-order valence-corrected chi connectivity index (χ4v) is 1.89. The number of carbonyl (C=O) groups is 1. The Labute approximate surface area is 91.6 Å². The molecule has 1 saturated carbocycles. The summed E-state index contributed by atoms with van der Waals surface area (Å²) in [6.07, 6.45) is 6.71. The van der Waals surface area contributed by atoms with Crippen LogP contribution in [0.15, 0.2) is 0 Å². The third-order valence-electron chi connectivity index (χ3n) is 2.96. The molecule has 82 valence electrons. The van der Waals surface area contributed by atoms with Crippen LogP contribution < -0.4 is 0 Å². The zero-order valence-electron chi connectivity index (χ0n) is 8.97. The van der Waals surface area contributed by atoms with Gasteiger partial charge in [0.05, 0.1) is 0 Å². The van der Waals surface area contributed by atoms with E-state index in [0.717, 1.165) is 44.5 Å². The van der Waals surface area contributed by atoms with Crippen molar-refractivity contribution in [3.8, 4) is 0 Å². The molecular formula is C11H20ClNO. The summed E-state index contributed by atoms with van der Waals surface area (Å²) in [5, 5.41) is 0. The largest absolute Gasteiger partial charge is 0.346 e. The third kappa shape index (κ3) is 3.49. The molecule has 1 fully saturated rings. The van der Waals surface area contributed by atoms with Gasteiger partial charge in [0.1, 0.15) is 0 Å². The maximum atomic E-state index is 11.7. The molecule has 0 N–H and O–H groups in total. The van der Waals surface area contributed by atoms with Crippen LogP contribution in [0.3, 0.4) is 0 Å². The molecule has 0 unspecified atom stereocenters. The van der Waals surface area contributed by atoms with Gasteiger partial charge >= 0.3 is 0 Å². The van der Waals surface area contributed by atoms with Gasteiger partial charge in [-0.05, 0) is 25.7 Å². The first-order valence-electron chi connectivity index (χ1n) is 5.56. The average molecular weight is 218 g/mol. The molecule has 0 atom stereocenters. The van der Waals surface area contributed by atoms with Crippen LogP contribution in [-0.2, 0) is 4.79 Å². The van der Waals surface area contributed by atoms with Gasteiger partial charge in [-0.1, -0.05) is 12.8 Å². The van der Waals surface area contributed by atoms with Crippen molar-refractivity contribution in [2.75, 3.05) is 19.5 Å². The number of hydrogen-bond donors (Lipinski definition) is 0. The Kier molecular flexibility index (Phi) is 5.31. The summed E-state index contributed by atoms with van der Waals surface area (Å²) in [6.45, 7) is 0.895. The Balaban J connectivity index is 2.07. The summed E-state index contributed by atoms with van der Waals surface area (Å²) in [5.74, 6) is 1.43. The summed E-state index contributed by atoms with van der Waals surface area (Å²) in [7, 11) is 1.92. The second-order valence-electron chi connectivity index (χ2n) is 4.14. The number of rotatable bonds is 6. The summed E-state index contributed by atoms with van der Waals surface area (Å²) in [6, 6.07) is 0. The number of halogens is 1. The van der Waals surface area contributed by atoms with E-state index >= 15 is 0 Å². The van der Waals surface area contributed by atoms with Crippen molar-refractivity contribution in [3.63, 3.8) is 0 Å². The van der Waals surface area contributed by atoms with Gasteiger partial charge in [-0.2, -0.15) is 0 Å². The highest BCUT2D eigenvalue weighted by molar-refractivity contribution is 6.17. The molecule has 0 heterocycles. The highest BCUT2D eigenvalue weighted by Crippen LogP contribution is 2.27. The van der Waals surface area contributed by atoms with Crippen molar-refractivity contribution >= 4 is 17.5 Å². The highest BCUT2D eigenvalue weighted by Gasteiger charge is 2.27. The van der Waals surface area contributed by atoms with E-state index in [2.05, 4.69) is 0 Å². The molecule has 0 radical (unpaired) electrons. The van der Waals surface area contributed by atoms with Crippen LogP contribution in [0.5, 0.6) is 0 Å². The summed E-state index contributed by atoms with van der Waals surface area (Å²) < 4.78 is 0. The van der Waals surface area contributed by atoms with Gasteiger partial charge in [-0.25, -0.2) is 0 Å². The fourth-order valence-electron chi connectivity index (χ4n) is 1.70. The maximum absolute atomic E-state index is 11.7. The topological polar surface area (TPSA) is 20.3 Å². The smallest absolute Gasteiger partial charge is 0.225 e. The summed E-state index contributed by atoms with van der Waals surface area (Å²) in [4.78, 5) is 13.6. The Morgan fingerprint density at radius 3 is 2.57 bits per heavy atom. The number of alkyl halides is 1. The van der Waals surface area contributed by atoms with Crippen molar-refractivity contribution in [1.82, 2.24) is 4.90 Å². The number of unbranched alkanes of at least 4 members (excludes halogenated alkanes) is 2. The minimum absolute atomic E-state index is 0.341. The summed E-state index contributed by atoms with van der Waals surface area (Å²) >= 11 is 5.58. The monoisotopic (exact) mass is 217 g/mol. The lowest BCUT2D eigenvalue weighted by Gasteiger charge is -2.29. The van der Waals surface area contributed by atoms with Crippen molar-refractivity contribution in [2.45, 2.75) is 38.5 Å². The molecule has 0 saturated heterocycles. The first kappa shape index (κ1) is 11.8. The Morgan fingerprint density at radius 2 is 2.07 bits per heavy atom. The molecule has 1 amide bonds. The van der Waals surface area contributed by atoms with Crippen LogP contribution in [-0.4, -0.2) is 30.3 Å². The number of hydrogen-bond acceptors (Lipinski definition) is 1. The van der Waals surface area contributed by atoms with Crippen LogP contribution in [0.4, 0.5) is 0 Å². The molecule has 0 aromatic heterocycles. The van der Waals surface area contributed by atoms with E-state index < -0.39 is 0 Å².